The van der Waals surface area contributed by atoms with E-state index in [0.717, 1.165) is 5.56 Å². The van der Waals surface area contributed by atoms with Crippen LogP contribution in [0.3, 0.4) is 0 Å². The molecule has 1 N–H and O–H groups in total. The van der Waals surface area contributed by atoms with Gasteiger partial charge in [-0.05, 0) is 44.7 Å². The number of halogens is 1. The van der Waals surface area contributed by atoms with Crippen LogP contribution >= 0.6 is 0 Å². The van der Waals surface area contributed by atoms with Crippen LogP contribution in [0.5, 0.6) is 5.75 Å². The zero-order chi connectivity index (χ0) is 24.2. The first-order valence-electron chi connectivity index (χ1n) is 11.2. The SMILES string of the molecule is C/C=C/c1ccc2c(c1)O[C@H](CN(C)Cc1ccccc1F)[C@@H](C)CN([C@H](C)CO)S2(=O)=O. The number of ether oxygens (including phenoxy) is 1. The maximum atomic E-state index is 14.1. The number of hydrogen-bond acceptors (Lipinski definition) is 5. The van der Waals surface area contributed by atoms with Gasteiger partial charge in [-0.1, -0.05) is 43.3 Å². The molecule has 0 fully saturated rings. The summed E-state index contributed by atoms with van der Waals surface area (Å²) in [6.45, 7) is 6.33. The highest BCUT2D eigenvalue weighted by molar-refractivity contribution is 7.89. The minimum atomic E-state index is -3.86. The molecule has 3 atom stereocenters. The van der Waals surface area contributed by atoms with E-state index in [4.69, 9.17) is 4.74 Å². The van der Waals surface area contributed by atoms with Crippen molar-refractivity contribution in [2.24, 2.45) is 5.92 Å². The highest BCUT2D eigenvalue weighted by Crippen LogP contribution is 2.34. The molecule has 0 saturated heterocycles. The molecule has 8 heteroatoms. The number of nitrogens with zero attached hydrogens (tertiary/aromatic N) is 2. The monoisotopic (exact) mass is 476 g/mol. The first-order chi connectivity index (χ1) is 15.7. The Morgan fingerprint density at radius 2 is 2.03 bits per heavy atom. The van der Waals surface area contributed by atoms with E-state index in [0.29, 0.717) is 18.7 Å². The minimum absolute atomic E-state index is 0.0877. The molecule has 180 valence electrons. The van der Waals surface area contributed by atoms with E-state index in [1.165, 1.54) is 10.4 Å². The van der Waals surface area contributed by atoms with Crippen LogP contribution in [0.2, 0.25) is 0 Å². The third-order valence-corrected chi connectivity index (χ3v) is 7.96. The van der Waals surface area contributed by atoms with Crippen molar-refractivity contribution < 1.29 is 22.7 Å². The van der Waals surface area contributed by atoms with Gasteiger partial charge in [0.2, 0.25) is 10.0 Å². The number of aliphatic hydroxyl groups is 1. The zero-order valence-corrected chi connectivity index (χ0v) is 20.4. The van der Waals surface area contributed by atoms with Gasteiger partial charge in [-0.25, -0.2) is 12.8 Å². The number of allylic oxidation sites excluding steroid dienone is 1. The summed E-state index contributed by atoms with van der Waals surface area (Å²) in [5, 5.41) is 9.74. The Hall–Kier alpha value is -2.26. The summed E-state index contributed by atoms with van der Waals surface area (Å²) in [6.07, 6.45) is 3.42. The van der Waals surface area contributed by atoms with Crippen molar-refractivity contribution in [1.29, 1.82) is 0 Å². The molecule has 0 spiro atoms. The van der Waals surface area contributed by atoms with Gasteiger partial charge in [0, 0.05) is 37.2 Å². The van der Waals surface area contributed by atoms with Crippen LogP contribution in [0, 0.1) is 11.7 Å². The van der Waals surface area contributed by atoms with Crippen LogP contribution in [0.25, 0.3) is 6.08 Å². The van der Waals surface area contributed by atoms with Crippen molar-refractivity contribution in [3.8, 4) is 5.75 Å². The molecule has 2 aromatic carbocycles. The average Bonchev–Trinajstić information content (AvgIpc) is 2.77. The summed E-state index contributed by atoms with van der Waals surface area (Å²) in [6, 6.07) is 11.1. The number of benzene rings is 2. The van der Waals surface area contributed by atoms with Crippen LogP contribution in [-0.2, 0) is 16.6 Å². The Balaban J connectivity index is 1.97. The number of fused-ring (bicyclic) bond motifs is 1. The smallest absolute Gasteiger partial charge is 0.247 e. The van der Waals surface area contributed by atoms with Gasteiger partial charge in [0.15, 0.2) is 0 Å². The van der Waals surface area contributed by atoms with Gasteiger partial charge in [0.05, 0.1) is 6.61 Å². The molecule has 1 aliphatic heterocycles. The third-order valence-electron chi connectivity index (χ3n) is 5.94. The summed E-state index contributed by atoms with van der Waals surface area (Å²) in [5.41, 5.74) is 1.42. The maximum Gasteiger partial charge on any atom is 0.247 e. The topological polar surface area (TPSA) is 70.1 Å². The molecule has 0 saturated carbocycles. The van der Waals surface area contributed by atoms with Crippen LogP contribution in [-0.4, -0.2) is 61.6 Å². The van der Waals surface area contributed by atoms with E-state index in [9.17, 15) is 17.9 Å². The maximum absolute atomic E-state index is 14.1. The third kappa shape index (κ3) is 5.81. The summed E-state index contributed by atoms with van der Waals surface area (Å²) in [5.74, 6) is -0.140. The lowest BCUT2D eigenvalue weighted by Gasteiger charge is -2.37. The Kier molecular flexibility index (Phi) is 8.28. The van der Waals surface area contributed by atoms with Crippen molar-refractivity contribution >= 4 is 16.1 Å². The largest absolute Gasteiger partial charge is 0.487 e. The standard InChI is InChI=1S/C25H33FN2O4S/c1-5-8-20-11-12-25-23(13-20)32-24(16-27(4)15-21-9-6-7-10-22(21)26)18(2)14-28(19(3)17-29)33(25,30)31/h5-13,18-19,24,29H,14-17H2,1-4H3/b8-5+/t18-,19+,24+/m0/s1. The second kappa shape index (κ2) is 10.8. The second-order valence-corrected chi connectivity index (χ2v) is 10.6. The lowest BCUT2D eigenvalue weighted by Crippen LogP contribution is -2.49. The van der Waals surface area contributed by atoms with E-state index in [1.807, 2.05) is 37.9 Å². The van der Waals surface area contributed by atoms with Gasteiger partial charge in [0.25, 0.3) is 0 Å². The van der Waals surface area contributed by atoms with Crippen molar-refractivity contribution in [2.75, 3.05) is 26.7 Å². The predicted octanol–water partition coefficient (Wildman–Crippen LogP) is 3.76. The molecule has 6 nitrogen and oxygen atoms in total. The summed E-state index contributed by atoms with van der Waals surface area (Å²) >= 11 is 0. The quantitative estimate of drug-likeness (QED) is 0.659. The summed E-state index contributed by atoms with van der Waals surface area (Å²) in [7, 11) is -1.97. The lowest BCUT2D eigenvalue weighted by molar-refractivity contribution is 0.0731. The van der Waals surface area contributed by atoms with E-state index in [2.05, 4.69) is 0 Å². The molecule has 1 heterocycles. The van der Waals surface area contributed by atoms with E-state index < -0.39 is 16.1 Å². The minimum Gasteiger partial charge on any atom is -0.487 e. The summed E-state index contributed by atoms with van der Waals surface area (Å²) in [4.78, 5) is 2.06. The van der Waals surface area contributed by atoms with Crippen LogP contribution in [0.1, 0.15) is 31.9 Å². The Morgan fingerprint density at radius 1 is 1.30 bits per heavy atom. The number of likely N-dealkylation sites (N-methyl/N-ethyl adjacent to an activating group) is 1. The average molecular weight is 477 g/mol. The fourth-order valence-corrected chi connectivity index (χ4v) is 5.87. The molecule has 0 amide bonds. The highest BCUT2D eigenvalue weighted by Gasteiger charge is 2.38. The number of aliphatic hydroxyl groups excluding tert-OH is 1. The van der Waals surface area contributed by atoms with Crippen LogP contribution in [0.15, 0.2) is 53.4 Å². The van der Waals surface area contributed by atoms with Gasteiger partial charge in [0.1, 0.15) is 22.6 Å². The molecule has 3 rings (SSSR count). The second-order valence-electron chi connectivity index (χ2n) is 8.73. The van der Waals surface area contributed by atoms with E-state index in [-0.39, 0.29) is 41.6 Å². The fourth-order valence-electron chi connectivity index (χ4n) is 4.05. The molecule has 0 aromatic heterocycles. The normalized spacial score (nSPS) is 21.9. The molecule has 0 radical (unpaired) electrons. The molecule has 2 aromatic rings. The Morgan fingerprint density at radius 3 is 2.70 bits per heavy atom. The number of sulfonamides is 1. The molecule has 0 bridgehead atoms. The first kappa shape index (κ1) is 25.4. The fraction of sp³-hybridized carbons (Fsp3) is 0.440. The molecular weight excluding hydrogens is 443 g/mol. The van der Waals surface area contributed by atoms with Crippen LogP contribution < -0.4 is 4.74 Å². The van der Waals surface area contributed by atoms with Gasteiger partial charge >= 0.3 is 0 Å². The molecule has 1 aliphatic rings. The van der Waals surface area contributed by atoms with Crippen LogP contribution in [0.4, 0.5) is 4.39 Å². The van der Waals surface area contributed by atoms with Crippen molar-refractivity contribution in [1.82, 2.24) is 9.21 Å². The Bertz CT molecular complexity index is 1090. The molecular formula is C25H33FN2O4S. The summed E-state index contributed by atoms with van der Waals surface area (Å²) < 4.78 is 48.8. The van der Waals surface area contributed by atoms with Gasteiger partial charge in [-0.3, -0.25) is 4.90 Å². The van der Waals surface area contributed by atoms with Crippen molar-refractivity contribution in [3.63, 3.8) is 0 Å². The highest BCUT2D eigenvalue weighted by atomic mass is 32.2. The number of rotatable bonds is 7. The molecule has 0 unspecified atom stereocenters. The Labute approximate surface area is 196 Å². The van der Waals surface area contributed by atoms with E-state index in [1.54, 1.807) is 43.3 Å². The van der Waals surface area contributed by atoms with Crippen molar-refractivity contribution in [3.05, 3.63) is 65.5 Å². The van der Waals surface area contributed by atoms with Gasteiger partial charge in [-0.15, -0.1) is 0 Å². The molecule has 0 aliphatic carbocycles. The first-order valence-corrected chi connectivity index (χ1v) is 12.6. The van der Waals surface area contributed by atoms with Gasteiger partial charge < -0.3 is 9.84 Å². The predicted molar refractivity (Wildman–Crippen MR) is 128 cm³/mol. The number of hydrogen-bond donors (Lipinski definition) is 1. The van der Waals surface area contributed by atoms with Crippen molar-refractivity contribution in [2.45, 2.75) is 44.4 Å². The lowest BCUT2D eigenvalue weighted by atomic mass is 10.0. The molecule has 33 heavy (non-hydrogen) atoms. The van der Waals surface area contributed by atoms with Gasteiger partial charge in [-0.2, -0.15) is 4.31 Å². The van der Waals surface area contributed by atoms with E-state index >= 15 is 0 Å². The zero-order valence-electron chi connectivity index (χ0n) is 19.6.